The fraction of sp³-hybridized carbons (Fsp3) is 0.455. The quantitative estimate of drug-likeness (QED) is 0.849. The Labute approximate surface area is 108 Å². The number of rotatable bonds is 4. The molecule has 0 unspecified atom stereocenters. The van der Waals surface area contributed by atoms with Gasteiger partial charge in [-0.2, -0.15) is 4.37 Å². The minimum atomic E-state index is -0.374. The molecule has 6 nitrogen and oxygen atoms in total. The first-order valence-electron chi connectivity index (χ1n) is 5.83. The second-order valence-electron chi connectivity index (χ2n) is 4.07. The van der Waals surface area contributed by atoms with E-state index in [1.807, 2.05) is 0 Å². The van der Waals surface area contributed by atoms with Gasteiger partial charge in [-0.15, -0.1) is 0 Å². The molecule has 0 atom stereocenters. The lowest BCUT2D eigenvalue weighted by Crippen LogP contribution is -2.05. The molecule has 2 aromatic heterocycles. The van der Waals surface area contributed by atoms with Crippen LogP contribution in [-0.4, -0.2) is 33.0 Å². The van der Waals surface area contributed by atoms with Crippen LogP contribution in [0.3, 0.4) is 0 Å². The zero-order chi connectivity index (χ0) is 12.5. The Hall–Kier alpha value is -1.76. The van der Waals surface area contributed by atoms with Crippen molar-refractivity contribution in [2.24, 2.45) is 0 Å². The van der Waals surface area contributed by atoms with Crippen molar-refractivity contribution in [3.05, 3.63) is 11.2 Å². The van der Waals surface area contributed by atoms with Crippen LogP contribution < -0.4 is 5.32 Å². The zero-order valence-electron chi connectivity index (χ0n) is 9.84. The largest absolute Gasteiger partial charge is 0.462 e. The van der Waals surface area contributed by atoms with E-state index in [0.29, 0.717) is 34.4 Å². The lowest BCUT2D eigenvalue weighted by molar-refractivity contribution is 0.0534. The molecule has 1 aliphatic carbocycles. The average molecular weight is 264 g/mol. The number of carbonyl (C=O) groups excluding carboxylic acids is 1. The minimum Gasteiger partial charge on any atom is -0.462 e. The van der Waals surface area contributed by atoms with Crippen LogP contribution >= 0.6 is 11.5 Å². The van der Waals surface area contributed by atoms with E-state index in [-0.39, 0.29) is 5.97 Å². The van der Waals surface area contributed by atoms with E-state index >= 15 is 0 Å². The van der Waals surface area contributed by atoms with E-state index in [1.165, 1.54) is 6.33 Å². The molecule has 0 radical (unpaired) electrons. The highest BCUT2D eigenvalue weighted by atomic mass is 32.1. The van der Waals surface area contributed by atoms with Crippen LogP contribution in [0.1, 0.15) is 29.4 Å². The van der Waals surface area contributed by atoms with Crippen LogP contribution in [0.5, 0.6) is 0 Å². The van der Waals surface area contributed by atoms with Crippen molar-refractivity contribution in [3.8, 4) is 0 Å². The number of ether oxygens (including phenoxy) is 1. The monoisotopic (exact) mass is 264 g/mol. The minimum absolute atomic E-state index is 0.344. The fourth-order valence-corrected chi connectivity index (χ4v) is 2.35. The van der Waals surface area contributed by atoms with E-state index in [1.54, 1.807) is 6.92 Å². The maximum absolute atomic E-state index is 11.7. The Kier molecular flexibility index (Phi) is 2.83. The predicted molar refractivity (Wildman–Crippen MR) is 67.8 cm³/mol. The predicted octanol–water partition coefficient (Wildman–Crippen LogP) is 1.84. The van der Waals surface area contributed by atoms with Crippen molar-refractivity contribution in [3.63, 3.8) is 0 Å². The summed E-state index contributed by atoms with van der Waals surface area (Å²) in [7, 11) is 0. The first-order valence-corrected chi connectivity index (χ1v) is 6.61. The van der Waals surface area contributed by atoms with Crippen LogP contribution in [0.2, 0.25) is 0 Å². The summed E-state index contributed by atoms with van der Waals surface area (Å²) in [6.45, 7) is 2.12. The third-order valence-electron chi connectivity index (χ3n) is 2.64. The zero-order valence-corrected chi connectivity index (χ0v) is 10.7. The van der Waals surface area contributed by atoms with Crippen LogP contribution in [0.15, 0.2) is 6.33 Å². The molecule has 94 valence electrons. The molecule has 2 heterocycles. The van der Waals surface area contributed by atoms with E-state index in [2.05, 4.69) is 19.7 Å². The summed E-state index contributed by atoms with van der Waals surface area (Å²) in [5.41, 5.74) is 1.22. The molecule has 3 rings (SSSR count). The molecule has 0 aromatic carbocycles. The number of anilines is 1. The lowest BCUT2D eigenvalue weighted by Gasteiger charge is -2.03. The van der Waals surface area contributed by atoms with Gasteiger partial charge in [0.2, 0.25) is 0 Å². The van der Waals surface area contributed by atoms with Crippen LogP contribution in [0.25, 0.3) is 11.0 Å². The Bertz CT molecular complexity index is 594. The SMILES string of the molecule is CCOC(=O)c1snc2c(NC3CC3)ncnc12. The van der Waals surface area contributed by atoms with Crippen molar-refractivity contribution < 1.29 is 9.53 Å². The normalized spacial score (nSPS) is 14.7. The summed E-state index contributed by atoms with van der Waals surface area (Å²) in [6, 6.07) is 0.482. The van der Waals surface area contributed by atoms with E-state index in [4.69, 9.17) is 4.74 Å². The second-order valence-corrected chi connectivity index (χ2v) is 4.84. The van der Waals surface area contributed by atoms with Gasteiger partial charge in [-0.05, 0) is 31.3 Å². The maximum atomic E-state index is 11.7. The molecule has 0 saturated heterocycles. The van der Waals surface area contributed by atoms with Crippen LogP contribution in [0.4, 0.5) is 5.82 Å². The molecule has 7 heteroatoms. The summed E-state index contributed by atoms with van der Waals surface area (Å²) >= 11 is 1.11. The maximum Gasteiger partial charge on any atom is 0.352 e. The number of aromatic nitrogens is 3. The molecule has 2 aromatic rings. The number of hydrogen-bond donors (Lipinski definition) is 1. The Morgan fingerprint density at radius 3 is 3.06 bits per heavy atom. The van der Waals surface area contributed by atoms with Gasteiger partial charge < -0.3 is 10.1 Å². The molecule has 0 aliphatic heterocycles. The highest BCUT2D eigenvalue weighted by Crippen LogP contribution is 2.29. The summed E-state index contributed by atoms with van der Waals surface area (Å²) in [5, 5.41) is 3.28. The molecule has 18 heavy (non-hydrogen) atoms. The molecule has 1 fully saturated rings. The highest BCUT2D eigenvalue weighted by Gasteiger charge is 2.24. The molecule has 1 aliphatic rings. The molecule has 0 spiro atoms. The van der Waals surface area contributed by atoms with Crippen molar-refractivity contribution in [2.45, 2.75) is 25.8 Å². The standard InChI is InChI=1S/C11H12N4O2S/c1-2-17-11(16)9-7-8(15-18-9)10(13-5-12-7)14-6-3-4-6/h5-6H,2-4H2,1H3,(H,12,13,14). The van der Waals surface area contributed by atoms with E-state index < -0.39 is 0 Å². The van der Waals surface area contributed by atoms with Gasteiger partial charge in [0.05, 0.1) is 6.61 Å². The smallest absolute Gasteiger partial charge is 0.352 e. The van der Waals surface area contributed by atoms with Gasteiger partial charge in [-0.25, -0.2) is 14.8 Å². The van der Waals surface area contributed by atoms with Crippen LogP contribution in [0, 0.1) is 0 Å². The van der Waals surface area contributed by atoms with Gasteiger partial charge >= 0.3 is 5.97 Å². The Morgan fingerprint density at radius 1 is 1.50 bits per heavy atom. The number of esters is 1. The molecule has 0 bridgehead atoms. The highest BCUT2D eigenvalue weighted by molar-refractivity contribution is 7.09. The molecule has 1 N–H and O–H groups in total. The number of nitrogens with zero attached hydrogens (tertiary/aromatic N) is 3. The number of fused-ring (bicyclic) bond motifs is 1. The van der Waals surface area contributed by atoms with Crippen molar-refractivity contribution in [1.29, 1.82) is 0 Å². The molecular weight excluding hydrogens is 252 g/mol. The van der Waals surface area contributed by atoms with Crippen molar-refractivity contribution >= 4 is 34.4 Å². The van der Waals surface area contributed by atoms with Gasteiger partial charge in [0.25, 0.3) is 0 Å². The van der Waals surface area contributed by atoms with Crippen LogP contribution in [-0.2, 0) is 4.74 Å². The number of hydrogen-bond acceptors (Lipinski definition) is 7. The summed E-state index contributed by atoms with van der Waals surface area (Å²) < 4.78 is 9.23. The summed E-state index contributed by atoms with van der Waals surface area (Å²) in [5.74, 6) is 0.329. The molecule has 0 amide bonds. The first-order chi connectivity index (χ1) is 8.79. The van der Waals surface area contributed by atoms with Gasteiger partial charge in [0, 0.05) is 6.04 Å². The number of carbonyl (C=O) groups is 1. The van der Waals surface area contributed by atoms with Gasteiger partial charge in [-0.1, -0.05) is 0 Å². The van der Waals surface area contributed by atoms with E-state index in [9.17, 15) is 4.79 Å². The molecular formula is C11H12N4O2S. The van der Waals surface area contributed by atoms with Gasteiger partial charge in [0.1, 0.15) is 17.4 Å². The third kappa shape index (κ3) is 2.01. The summed E-state index contributed by atoms with van der Waals surface area (Å²) in [4.78, 5) is 20.5. The Morgan fingerprint density at radius 2 is 2.33 bits per heavy atom. The number of nitrogens with one attached hydrogen (secondary N) is 1. The molecule has 1 saturated carbocycles. The fourth-order valence-electron chi connectivity index (χ4n) is 1.62. The van der Waals surface area contributed by atoms with E-state index in [0.717, 1.165) is 24.4 Å². The van der Waals surface area contributed by atoms with Gasteiger partial charge in [-0.3, -0.25) is 0 Å². The lowest BCUT2D eigenvalue weighted by atomic mass is 10.3. The Balaban J connectivity index is 2.00. The van der Waals surface area contributed by atoms with Crippen molar-refractivity contribution in [2.75, 3.05) is 11.9 Å². The summed E-state index contributed by atoms with van der Waals surface area (Å²) in [6.07, 6.45) is 3.75. The second kappa shape index (κ2) is 4.49. The van der Waals surface area contributed by atoms with Crippen molar-refractivity contribution in [1.82, 2.24) is 14.3 Å². The third-order valence-corrected chi connectivity index (χ3v) is 3.46. The van der Waals surface area contributed by atoms with Gasteiger partial charge in [0.15, 0.2) is 10.7 Å². The average Bonchev–Trinajstić information content (AvgIpc) is 3.06. The topological polar surface area (TPSA) is 77.0 Å². The first kappa shape index (κ1) is 11.3.